The number of hydrogen-bond donors (Lipinski definition) is 0. The van der Waals surface area contributed by atoms with Crippen LogP contribution in [0, 0.1) is 0 Å². The second-order valence-corrected chi connectivity index (χ2v) is 3.38. The van der Waals surface area contributed by atoms with E-state index in [0.717, 1.165) is 0 Å². The number of hydrogen-bond acceptors (Lipinski definition) is 0. The van der Waals surface area contributed by atoms with Crippen molar-refractivity contribution in [1.82, 2.24) is 4.57 Å². The average Bonchev–Trinajstić information content (AvgIpc) is 2.45. The molecular formula is C10H21BrN2Na+. The smallest absolute Gasteiger partial charge is 1.00 e. The quantitative estimate of drug-likeness (QED) is 0.391. The number of aromatic nitrogens is 2. The van der Waals surface area contributed by atoms with E-state index in [0.29, 0.717) is 0 Å². The van der Waals surface area contributed by atoms with E-state index in [-0.39, 0.29) is 48.0 Å². The maximum atomic E-state index is 2.25. The molecule has 0 aliphatic carbocycles. The zero-order valence-electron chi connectivity index (χ0n) is 10.6. The molecular weight excluding hydrogens is 251 g/mol. The molecule has 1 aromatic heterocycles. The Morgan fingerprint density at radius 3 is 2.50 bits per heavy atom. The molecule has 0 saturated carbocycles. The zero-order valence-corrected chi connectivity index (χ0v) is 13.3. The predicted molar refractivity (Wildman–Crippen MR) is 61.2 cm³/mol. The summed E-state index contributed by atoms with van der Waals surface area (Å²) in [6, 6.07) is 0. The van der Waals surface area contributed by atoms with Crippen LogP contribution < -0.4 is 34.1 Å². The molecule has 0 aliphatic rings. The van der Waals surface area contributed by atoms with Crippen LogP contribution in [-0.2, 0) is 13.6 Å². The fourth-order valence-electron chi connectivity index (χ4n) is 1.36. The van der Waals surface area contributed by atoms with Crippen molar-refractivity contribution in [1.29, 1.82) is 0 Å². The van der Waals surface area contributed by atoms with Gasteiger partial charge in [0.1, 0.15) is 12.4 Å². The summed E-state index contributed by atoms with van der Waals surface area (Å²) < 4.78 is 4.33. The van der Waals surface area contributed by atoms with Crippen LogP contribution in [0.5, 0.6) is 0 Å². The molecule has 0 bridgehead atoms. The maximum absolute atomic E-state index is 2.25. The van der Waals surface area contributed by atoms with Gasteiger partial charge in [0.2, 0.25) is 6.33 Å². The molecule has 0 fully saturated rings. The first-order valence-electron chi connectivity index (χ1n) is 4.84. The maximum Gasteiger partial charge on any atom is 1.00 e. The van der Waals surface area contributed by atoms with E-state index >= 15 is 0 Å². The topological polar surface area (TPSA) is 8.81 Å². The third-order valence-corrected chi connectivity index (χ3v) is 2.09. The number of unbranched alkanes of at least 4 members (excludes halogenated alkanes) is 3. The Balaban J connectivity index is -0.000000480. The van der Waals surface area contributed by atoms with Crippen LogP contribution in [0.1, 0.15) is 34.0 Å². The Bertz CT molecular complexity index is 231. The molecule has 1 aromatic rings. The summed E-state index contributed by atoms with van der Waals surface area (Å²) >= 11 is 0. The molecule has 0 N–H and O–H groups in total. The van der Waals surface area contributed by atoms with Crippen molar-refractivity contribution in [3.63, 3.8) is 0 Å². The average molecular weight is 272 g/mol. The summed E-state index contributed by atoms with van der Waals surface area (Å²) in [5.74, 6) is 0. The van der Waals surface area contributed by atoms with Crippen LogP contribution in [0.4, 0.5) is 0 Å². The van der Waals surface area contributed by atoms with Crippen LogP contribution in [0.15, 0.2) is 18.7 Å². The minimum atomic E-state index is 0. The second-order valence-electron chi connectivity index (χ2n) is 3.38. The first-order chi connectivity index (χ1) is 5.83. The van der Waals surface area contributed by atoms with E-state index in [4.69, 9.17) is 0 Å². The number of halogens is 1. The van der Waals surface area contributed by atoms with Crippen molar-refractivity contribution in [2.75, 3.05) is 0 Å². The first kappa shape index (κ1) is 17.1. The summed E-state index contributed by atoms with van der Waals surface area (Å²) in [6.45, 7) is 3.41. The molecule has 1 rings (SSSR count). The first-order valence-corrected chi connectivity index (χ1v) is 4.84. The molecule has 1 heterocycles. The number of aryl methyl sites for hydroxylation is 2. The molecule has 0 radical (unpaired) electrons. The monoisotopic (exact) mass is 271 g/mol. The number of nitrogens with zero attached hydrogens (tertiary/aromatic N) is 2. The van der Waals surface area contributed by atoms with Gasteiger partial charge in [-0.2, -0.15) is 0 Å². The van der Waals surface area contributed by atoms with E-state index < -0.39 is 0 Å². The van der Waals surface area contributed by atoms with Crippen LogP contribution in [-0.4, -0.2) is 4.57 Å². The minimum absolute atomic E-state index is 0. The van der Waals surface area contributed by atoms with Crippen molar-refractivity contribution in [3.05, 3.63) is 18.7 Å². The molecule has 0 saturated heterocycles. The van der Waals surface area contributed by atoms with Gasteiger partial charge in [-0.25, -0.2) is 9.13 Å². The van der Waals surface area contributed by atoms with Gasteiger partial charge in [0.25, 0.3) is 0 Å². The number of rotatable bonds is 5. The molecule has 0 atom stereocenters. The molecule has 0 unspecified atom stereocenters. The molecule has 0 amide bonds. The van der Waals surface area contributed by atoms with Crippen LogP contribution in [0.2, 0.25) is 0 Å². The van der Waals surface area contributed by atoms with Gasteiger partial charge in [-0.1, -0.05) is 19.8 Å². The van der Waals surface area contributed by atoms with Crippen molar-refractivity contribution in [2.24, 2.45) is 7.05 Å². The van der Waals surface area contributed by atoms with Gasteiger partial charge in [0.05, 0.1) is 13.6 Å². The molecule has 78 valence electrons. The molecule has 4 heteroatoms. The van der Waals surface area contributed by atoms with Gasteiger partial charge >= 0.3 is 29.6 Å². The fraction of sp³-hybridized carbons (Fsp3) is 0.700. The van der Waals surface area contributed by atoms with Gasteiger partial charge in [-0.3, -0.25) is 0 Å². The third kappa shape index (κ3) is 7.04. The summed E-state index contributed by atoms with van der Waals surface area (Å²) in [5.41, 5.74) is 0. The van der Waals surface area contributed by atoms with Gasteiger partial charge < -0.3 is 1.43 Å². The Kier molecular flexibility index (Phi) is 12.5. The minimum Gasteiger partial charge on any atom is -1.00 e. The standard InChI is InChI=1S/C10H19N2.BrH.Na.H/c1-3-4-5-6-7-12-9-8-11(2)10-12;;;/h8-10H,3-7H2,1-2H3;1H;;/q+1;;+1;-1. The summed E-state index contributed by atoms with van der Waals surface area (Å²) in [4.78, 5) is 0. The van der Waals surface area contributed by atoms with Crippen LogP contribution in [0.25, 0.3) is 0 Å². The Labute approximate surface area is 121 Å². The van der Waals surface area contributed by atoms with E-state index in [9.17, 15) is 0 Å². The van der Waals surface area contributed by atoms with E-state index in [1.165, 1.54) is 32.2 Å². The summed E-state index contributed by atoms with van der Waals surface area (Å²) in [6.07, 6.45) is 11.7. The molecule has 0 spiro atoms. The molecule has 0 aromatic carbocycles. The normalized spacial score (nSPS) is 9.00. The molecule has 2 nitrogen and oxygen atoms in total. The molecule has 0 aliphatic heterocycles. The van der Waals surface area contributed by atoms with Crippen molar-refractivity contribution >= 4 is 17.0 Å². The van der Waals surface area contributed by atoms with Crippen LogP contribution >= 0.6 is 17.0 Å². The van der Waals surface area contributed by atoms with Gasteiger partial charge in [-0.05, 0) is 12.8 Å². The number of imidazole rings is 1. The predicted octanol–water partition coefficient (Wildman–Crippen LogP) is -0.413. The van der Waals surface area contributed by atoms with Gasteiger partial charge in [-0.15, -0.1) is 17.0 Å². The van der Waals surface area contributed by atoms with Gasteiger partial charge in [0.15, 0.2) is 0 Å². The van der Waals surface area contributed by atoms with E-state index in [2.05, 4.69) is 41.8 Å². The van der Waals surface area contributed by atoms with Crippen molar-refractivity contribution < 1.29 is 35.6 Å². The van der Waals surface area contributed by atoms with Crippen molar-refractivity contribution in [2.45, 2.75) is 39.2 Å². The Morgan fingerprint density at radius 1 is 1.29 bits per heavy atom. The van der Waals surface area contributed by atoms with Crippen molar-refractivity contribution in [3.8, 4) is 0 Å². The fourth-order valence-corrected chi connectivity index (χ4v) is 1.36. The SMILES string of the molecule is Br.CCCCCCn1cc[n+](C)c1.[H-].[Na+]. The largest absolute Gasteiger partial charge is 1.00 e. The third-order valence-electron chi connectivity index (χ3n) is 2.09. The summed E-state index contributed by atoms with van der Waals surface area (Å²) in [5, 5.41) is 0. The molecule has 14 heavy (non-hydrogen) atoms. The second kappa shape index (κ2) is 10.2. The Hall–Kier alpha value is 0.690. The van der Waals surface area contributed by atoms with Gasteiger partial charge in [0, 0.05) is 0 Å². The van der Waals surface area contributed by atoms with Crippen LogP contribution in [0.3, 0.4) is 0 Å². The van der Waals surface area contributed by atoms with E-state index in [1.807, 2.05) is 0 Å². The Morgan fingerprint density at radius 2 is 2.00 bits per heavy atom. The summed E-state index contributed by atoms with van der Waals surface area (Å²) in [7, 11) is 2.06. The van der Waals surface area contributed by atoms with E-state index in [1.54, 1.807) is 0 Å². The zero-order chi connectivity index (χ0) is 8.81.